The van der Waals surface area contributed by atoms with Gasteiger partial charge in [-0.2, -0.15) is 0 Å². The van der Waals surface area contributed by atoms with Crippen molar-refractivity contribution in [1.82, 2.24) is 5.32 Å². The molecule has 1 aromatic carbocycles. The van der Waals surface area contributed by atoms with Gasteiger partial charge in [-0.25, -0.2) is 0 Å². The maximum absolute atomic E-state index is 5.75. The molecule has 2 rings (SSSR count). The zero-order valence-corrected chi connectivity index (χ0v) is 15.5. The van der Waals surface area contributed by atoms with E-state index in [9.17, 15) is 0 Å². The first-order chi connectivity index (χ1) is 9.16. The molecule has 0 aromatic heterocycles. The first-order valence-electron chi connectivity index (χ1n) is 6.46. The second-order valence-corrected chi connectivity index (χ2v) is 5.78. The Morgan fingerprint density at radius 1 is 1.35 bits per heavy atom. The molecule has 1 aromatic rings. The molecule has 1 saturated heterocycles. The summed E-state index contributed by atoms with van der Waals surface area (Å²) in [5, 5.41) is 3.22. The standard InChI is InChI=1S/C14H20BrN3O.HI/c1-17-13(16)18-10-14(6-8-19-9-7-14)11-2-4-12(15)5-3-11;/h2-5H,6-10H2,1H3,(H3,16,17,18);1H. The van der Waals surface area contributed by atoms with Crippen molar-refractivity contribution in [3.8, 4) is 0 Å². The summed E-state index contributed by atoms with van der Waals surface area (Å²) in [5.74, 6) is 0.489. The van der Waals surface area contributed by atoms with Crippen LogP contribution in [-0.2, 0) is 10.2 Å². The van der Waals surface area contributed by atoms with Crippen molar-refractivity contribution in [2.24, 2.45) is 10.7 Å². The SMILES string of the molecule is CN=C(N)NCC1(c2ccc(Br)cc2)CCOCC1.I. The smallest absolute Gasteiger partial charge is 0.188 e. The summed E-state index contributed by atoms with van der Waals surface area (Å²) in [6.07, 6.45) is 2.00. The second kappa shape index (κ2) is 8.19. The molecule has 0 amide bonds. The lowest BCUT2D eigenvalue weighted by Crippen LogP contribution is -2.46. The summed E-state index contributed by atoms with van der Waals surface area (Å²) in [7, 11) is 1.69. The Bertz CT molecular complexity index is 444. The van der Waals surface area contributed by atoms with Crippen LogP contribution in [0.3, 0.4) is 0 Å². The van der Waals surface area contributed by atoms with Gasteiger partial charge in [0.15, 0.2) is 5.96 Å². The summed E-state index contributed by atoms with van der Waals surface area (Å²) in [5.41, 5.74) is 7.16. The number of guanidine groups is 1. The van der Waals surface area contributed by atoms with E-state index in [4.69, 9.17) is 10.5 Å². The normalized spacial score (nSPS) is 18.2. The summed E-state index contributed by atoms with van der Waals surface area (Å²) < 4.78 is 6.60. The molecule has 1 aliphatic rings. The molecular formula is C14H21BrIN3O. The summed E-state index contributed by atoms with van der Waals surface area (Å²) in [6, 6.07) is 8.53. The van der Waals surface area contributed by atoms with Crippen molar-refractivity contribution in [2.45, 2.75) is 18.3 Å². The van der Waals surface area contributed by atoms with Crippen LogP contribution >= 0.6 is 39.9 Å². The van der Waals surface area contributed by atoms with E-state index < -0.39 is 0 Å². The molecule has 3 N–H and O–H groups in total. The van der Waals surface area contributed by atoms with E-state index >= 15 is 0 Å². The van der Waals surface area contributed by atoms with Crippen LogP contribution in [0.25, 0.3) is 0 Å². The molecule has 1 fully saturated rings. The van der Waals surface area contributed by atoms with Gasteiger partial charge >= 0.3 is 0 Å². The van der Waals surface area contributed by atoms with Crippen molar-refractivity contribution in [3.63, 3.8) is 0 Å². The Labute approximate surface area is 145 Å². The van der Waals surface area contributed by atoms with Crippen LogP contribution < -0.4 is 11.1 Å². The fourth-order valence-electron chi connectivity index (χ4n) is 2.47. The molecule has 6 heteroatoms. The maximum atomic E-state index is 5.75. The van der Waals surface area contributed by atoms with Crippen molar-refractivity contribution < 1.29 is 4.74 Å². The molecule has 20 heavy (non-hydrogen) atoms. The maximum Gasteiger partial charge on any atom is 0.188 e. The minimum absolute atomic E-state index is 0. The molecule has 0 unspecified atom stereocenters. The predicted octanol–water partition coefficient (Wildman–Crippen LogP) is 2.65. The molecule has 0 bridgehead atoms. The van der Waals surface area contributed by atoms with Gasteiger partial charge in [0.2, 0.25) is 0 Å². The van der Waals surface area contributed by atoms with Crippen LogP contribution in [0, 0.1) is 0 Å². The Hall–Kier alpha value is -0.340. The van der Waals surface area contributed by atoms with Gasteiger partial charge in [-0.05, 0) is 30.5 Å². The number of ether oxygens (including phenoxy) is 1. The largest absolute Gasteiger partial charge is 0.381 e. The van der Waals surface area contributed by atoms with E-state index in [1.54, 1.807) is 7.05 Å². The van der Waals surface area contributed by atoms with E-state index in [2.05, 4.69) is 50.5 Å². The number of halogens is 2. The highest BCUT2D eigenvalue weighted by Gasteiger charge is 2.34. The highest BCUT2D eigenvalue weighted by molar-refractivity contribution is 14.0. The molecule has 112 valence electrons. The Morgan fingerprint density at radius 3 is 2.50 bits per heavy atom. The Balaban J connectivity index is 0.00000200. The van der Waals surface area contributed by atoms with E-state index in [0.29, 0.717) is 5.96 Å². The van der Waals surface area contributed by atoms with Crippen molar-refractivity contribution in [2.75, 3.05) is 26.8 Å². The van der Waals surface area contributed by atoms with Gasteiger partial charge in [0.25, 0.3) is 0 Å². The van der Waals surface area contributed by atoms with Crippen LogP contribution in [0.2, 0.25) is 0 Å². The third kappa shape index (κ3) is 4.33. The molecule has 1 aliphatic heterocycles. The number of nitrogens with one attached hydrogen (secondary N) is 1. The zero-order valence-electron chi connectivity index (χ0n) is 11.6. The fourth-order valence-corrected chi connectivity index (χ4v) is 2.74. The molecule has 4 nitrogen and oxygen atoms in total. The lowest BCUT2D eigenvalue weighted by Gasteiger charge is -2.38. The van der Waals surface area contributed by atoms with Gasteiger partial charge in [0.1, 0.15) is 0 Å². The minimum atomic E-state index is 0. The number of benzene rings is 1. The summed E-state index contributed by atoms with van der Waals surface area (Å²) in [6.45, 7) is 2.38. The number of hydrogen-bond acceptors (Lipinski definition) is 2. The number of nitrogens with two attached hydrogens (primary N) is 1. The topological polar surface area (TPSA) is 59.6 Å². The molecule has 1 heterocycles. The van der Waals surface area contributed by atoms with Gasteiger partial charge in [-0.1, -0.05) is 28.1 Å². The van der Waals surface area contributed by atoms with Crippen LogP contribution in [0.15, 0.2) is 33.7 Å². The average molecular weight is 454 g/mol. The van der Waals surface area contributed by atoms with E-state index in [1.165, 1.54) is 5.56 Å². The van der Waals surface area contributed by atoms with Gasteiger partial charge in [-0.15, -0.1) is 24.0 Å². The second-order valence-electron chi connectivity index (χ2n) is 4.86. The summed E-state index contributed by atoms with van der Waals surface area (Å²) in [4.78, 5) is 3.96. The summed E-state index contributed by atoms with van der Waals surface area (Å²) >= 11 is 3.48. The third-order valence-corrected chi connectivity index (χ3v) is 4.28. The molecule has 0 aliphatic carbocycles. The van der Waals surface area contributed by atoms with Crippen molar-refractivity contribution in [1.29, 1.82) is 0 Å². The number of aliphatic imine (C=N–C) groups is 1. The minimum Gasteiger partial charge on any atom is -0.381 e. The predicted molar refractivity (Wildman–Crippen MR) is 96.8 cm³/mol. The molecule has 0 spiro atoms. The van der Waals surface area contributed by atoms with Crippen LogP contribution in [0.4, 0.5) is 0 Å². The van der Waals surface area contributed by atoms with E-state index in [1.807, 2.05) is 0 Å². The number of nitrogens with zero attached hydrogens (tertiary/aromatic N) is 1. The lowest BCUT2D eigenvalue weighted by atomic mass is 9.74. The van der Waals surface area contributed by atoms with Gasteiger partial charge in [0.05, 0.1) is 0 Å². The fraction of sp³-hybridized carbons (Fsp3) is 0.500. The quantitative estimate of drug-likeness (QED) is 0.420. The van der Waals surface area contributed by atoms with E-state index in [0.717, 1.165) is 37.1 Å². The van der Waals surface area contributed by atoms with Crippen LogP contribution in [0.1, 0.15) is 18.4 Å². The first-order valence-corrected chi connectivity index (χ1v) is 7.25. The molecule has 0 atom stereocenters. The Kier molecular flexibility index (Phi) is 7.25. The highest BCUT2D eigenvalue weighted by atomic mass is 127. The van der Waals surface area contributed by atoms with Crippen LogP contribution in [-0.4, -0.2) is 32.8 Å². The Morgan fingerprint density at radius 2 is 1.95 bits per heavy atom. The first kappa shape index (κ1) is 17.7. The number of hydrogen-bond donors (Lipinski definition) is 2. The third-order valence-electron chi connectivity index (χ3n) is 3.76. The number of rotatable bonds is 3. The lowest BCUT2D eigenvalue weighted by molar-refractivity contribution is 0.0514. The zero-order chi connectivity index (χ0) is 13.7. The van der Waals surface area contributed by atoms with Gasteiger partial charge < -0.3 is 15.8 Å². The van der Waals surface area contributed by atoms with Crippen LogP contribution in [0.5, 0.6) is 0 Å². The molecule has 0 radical (unpaired) electrons. The molecular weight excluding hydrogens is 433 g/mol. The average Bonchev–Trinajstić information content (AvgIpc) is 2.46. The highest BCUT2D eigenvalue weighted by Crippen LogP contribution is 2.34. The molecule has 0 saturated carbocycles. The van der Waals surface area contributed by atoms with Crippen molar-refractivity contribution in [3.05, 3.63) is 34.3 Å². The van der Waals surface area contributed by atoms with Gasteiger partial charge in [0, 0.05) is 36.7 Å². The van der Waals surface area contributed by atoms with Crippen molar-refractivity contribution >= 4 is 45.9 Å². The monoisotopic (exact) mass is 453 g/mol. The van der Waals surface area contributed by atoms with Gasteiger partial charge in [-0.3, -0.25) is 4.99 Å². The van der Waals surface area contributed by atoms with E-state index in [-0.39, 0.29) is 29.4 Å².